The molecule has 1 saturated heterocycles. The van der Waals surface area contributed by atoms with Gasteiger partial charge in [0.1, 0.15) is 6.04 Å². The lowest BCUT2D eigenvalue weighted by atomic mass is 9.89. The summed E-state index contributed by atoms with van der Waals surface area (Å²) in [6.45, 7) is 2.27. The monoisotopic (exact) mass is 442 g/mol. The van der Waals surface area contributed by atoms with E-state index in [9.17, 15) is 14.7 Å². The molecule has 1 fully saturated rings. The Kier molecular flexibility index (Phi) is 7.53. The number of hydrogen-bond acceptors (Lipinski definition) is 3. The lowest BCUT2D eigenvalue weighted by molar-refractivity contribution is -0.154. The Morgan fingerprint density at radius 3 is 1.91 bits per heavy atom. The largest absolute Gasteiger partial charge is 0.480 e. The van der Waals surface area contributed by atoms with Gasteiger partial charge >= 0.3 is 5.97 Å². The van der Waals surface area contributed by atoms with Crippen LogP contribution in [0, 0.1) is 0 Å². The number of carboxylic acids is 1. The zero-order valence-electron chi connectivity index (χ0n) is 18.7. The summed E-state index contributed by atoms with van der Waals surface area (Å²) in [7, 11) is 0. The second-order valence-electron chi connectivity index (χ2n) is 8.53. The number of nitrogens with zero attached hydrogens (tertiary/aromatic N) is 2. The first-order valence-corrected chi connectivity index (χ1v) is 11.5. The SMILES string of the molecule is O=C(O)[C@@H]1CN(CCCc2ccccc2)CCN1C(=O)C(c1ccccc1)c1ccccc1. The Bertz CT molecular complexity index is 1000. The zero-order chi connectivity index (χ0) is 23.0. The van der Waals surface area contributed by atoms with Gasteiger partial charge in [0, 0.05) is 19.6 Å². The maximum Gasteiger partial charge on any atom is 0.327 e. The highest BCUT2D eigenvalue weighted by atomic mass is 16.4. The number of benzene rings is 3. The molecule has 1 heterocycles. The molecule has 33 heavy (non-hydrogen) atoms. The van der Waals surface area contributed by atoms with Crippen molar-refractivity contribution in [2.45, 2.75) is 24.8 Å². The number of rotatable bonds is 8. The molecule has 1 aliphatic rings. The van der Waals surface area contributed by atoms with Gasteiger partial charge in [-0.15, -0.1) is 0 Å². The van der Waals surface area contributed by atoms with Gasteiger partial charge in [0.15, 0.2) is 0 Å². The molecule has 0 unspecified atom stereocenters. The van der Waals surface area contributed by atoms with E-state index in [1.165, 1.54) is 5.56 Å². The van der Waals surface area contributed by atoms with E-state index in [1.54, 1.807) is 4.90 Å². The second-order valence-corrected chi connectivity index (χ2v) is 8.53. The van der Waals surface area contributed by atoms with Crippen LogP contribution in [0.2, 0.25) is 0 Å². The molecule has 0 aliphatic carbocycles. The van der Waals surface area contributed by atoms with E-state index < -0.39 is 17.9 Å². The fourth-order valence-electron chi connectivity index (χ4n) is 4.60. The van der Waals surface area contributed by atoms with E-state index in [-0.39, 0.29) is 5.91 Å². The summed E-state index contributed by atoms with van der Waals surface area (Å²) >= 11 is 0. The van der Waals surface area contributed by atoms with Crippen LogP contribution in [0.4, 0.5) is 0 Å². The lowest BCUT2D eigenvalue weighted by Gasteiger charge is -2.41. The molecule has 1 atom stereocenters. The first-order chi connectivity index (χ1) is 16.1. The predicted molar refractivity (Wildman–Crippen MR) is 129 cm³/mol. The molecule has 170 valence electrons. The number of carboxylic acid groups (broad SMARTS) is 1. The quantitative estimate of drug-likeness (QED) is 0.572. The second kappa shape index (κ2) is 10.9. The van der Waals surface area contributed by atoms with Gasteiger partial charge in [0.25, 0.3) is 0 Å². The number of carbonyl (C=O) groups is 2. The summed E-state index contributed by atoms with van der Waals surface area (Å²) < 4.78 is 0. The molecule has 1 amide bonds. The van der Waals surface area contributed by atoms with Crippen LogP contribution in [0.5, 0.6) is 0 Å². The number of amides is 1. The van der Waals surface area contributed by atoms with Crippen molar-refractivity contribution >= 4 is 11.9 Å². The van der Waals surface area contributed by atoms with Crippen molar-refractivity contribution in [1.82, 2.24) is 9.80 Å². The van der Waals surface area contributed by atoms with Gasteiger partial charge in [0.05, 0.1) is 5.92 Å². The molecule has 4 rings (SSSR count). The molecule has 1 N–H and O–H groups in total. The van der Waals surface area contributed by atoms with Crippen LogP contribution < -0.4 is 0 Å². The minimum absolute atomic E-state index is 0.149. The Morgan fingerprint density at radius 1 is 0.818 bits per heavy atom. The lowest BCUT2D eigenvalue weighted by Crippen LogP contribution is -2.59. The average molecular weight is 443 g/mol. The summed E-state index contributed by atoms with van der Waals surface area (Å²) in [5.74, 6) is -1.61. The Morgan fingerprint density at radius 2 is 1.36 bits per heavy atom. The van der Waals surface area contributed by atoms with Gasteiger partial charge in [-0.05, 0) is 36.1 Å². The standard InChI is InChI=1S/C28H30N2O3/c31-27(26(23-14-6-2-7-15-23)24-16-8-3-9-17-24)30-20-19-29(21-25(30)28(32)33)18-10-13-22-11-4-1-5-12-22/h1-9,11-12,14-17,25-26H,10,13,18-21H2,(H,32,33)/t25-/m0/s1. The molecule has 0 aromatic heterocycles. The molecule has 0 radical (unpaired) electrons. The smallest absolute Gasteiger partial charge is 0.327 e. The van der Waals surface area contributed by atoms with Gasteiger partial charge in [-0.1, -0.05) is 91.0 Å². The highest BCUT2D eigenvalue weighted by Gasteiger charge is 2.38. The fraction of sp³-hybridized carbons (Fsp3) is 0.286. The van der Waals surface area contributed by atoms with E-state index >= 15 is 0 Å². The number of hydrogen-bond donors (Lipinski definition) is 1. The van der Waals surface area contributed by atoms with E-state index in [0.717, 1.165) is 30.5 Å². The number of carbonyl (C=O) groups excluding carboxylic acids is 1. The van der Waals surface area contributed by atoms with Crippen molar-refractivity contribution in [3.8, 4) is 0 Å². The molecular formula is C28H30N2O3. The Balaban J connectivity index is 1.47. The summed E-state index contributed by atoms with van der Waals surface area (Å²) in [4.78, 5) is 29.7. The maximum atomic E-state index is 13.8. The third kappa shape index (κ3) is 5.68. The number of aryl methyl sites for hydroxylation is 1. The molecule has 1 aliphatic heterocycles. The van der Waals surface area contributed by atoms with Gasteiger partial charge < -0.3 is 10.0 Å². The third-order valence-electron chi connectivity index (χ3n) is 6.33. The molecule has 0 saturated carbocycles. The minimum Gasteiger partial charge on any atom is -0.480 e. The third-order valence-corrected chi connectivity index (χ3v) is 6.33. The molecule has 3 aromatic rings. The van der Waals surface area contributed by atoms with Crippen LogP contribution in [0.3, 0.4) is 0 Å². The molecule has 0 spiro atoms. The van der Waals surface area contributed by atoms with Crippen LogP contribution in [0.1, 0.15) is 29.0 Å². The molecular weight excluding hydrogens is 412 g/mol. The number of aliphatic carboxylic acids is 1. The highest BCUT2D eigenvalue weighted by molar-refractivity contribution is 5.91. The molecule has 5 nitrogen and oxygen atoms in total. The zero-order valence-corrected chi connectivity index (χ0v) is 18.7. The first-order valence-electron chi connectivity index (χ1n) is 11.5. The van der Waals surface area contributed by atoms with Crippen molar-refractivity contribution in [3.63, 3.8) is 0 Å². The van der Waals surface area contributed by atoms with Crippen LogP contribution >= 0.6 is 0 Å². The predicted octanol–water partition coefficient (Wildman–Crippen LogP) is 4.05. The summed E-state index contributed by atoms with van der Waals surface area (Å²) in [5.41, 5.74) is 3.04. The van der Waals surface area contributed by atoms with E-state index in [1.807, 2.05) is 78.9 Å². The topological polar surface area (TPSA) is 60.9 Å². The van der Waals surface area contributed by atoms with Crippen molar-refractivity contribution in [2.75, 3.05) is 26.2 Å². The Labute approximate surface area is 195 Å². The van der Waals surface area contributed by atoms with Gasteiger partial charge in [0.2, 0.25) is 5.91 Å². The number of piperazine rings is 1. The van der Waals surface area contributed by atoms with Crippen molar-refractivity contribution in [2.24, 2.45) is 0 Å². The van der Waals surface area contributed by atoms with Crippen LogP contribution in [-0.4, -0.2) is 59.0 Å². The first kappa shape index (κ1) is 22.7. The summed E-state index contributed by atoms with van der Waals surface area (Å²) in [6.07, 6.45) is 1.92. The van der Waals surface area contributed by atoms with Gasteiger partial charge in [-0.25, -0.2) is 4.79 Å². The van der Waals surface area contributed by atoms with Crippen LogP contribution in [0.25, 0.3) is 0 Å². The van der Waals surface area contributed by atoms with E-state index in [4.69, 9.17) is 0 Å². The average Bonchev–Trinajstić information content (AvgIpc) is 2.86. The van der Waals surface area contributed by atoms with Crippen molar-refractivity contribution in [3.05, 3.63) is 108 Å². The Hall–Kier alpha value is -3.44. The minimum atomic E-state index is -0.948. The fourth-order valence-corrected chi connectivity index (χ4v) is 4.60. The van der Waals surface area contributed by atoms with Gasteiger partial charge in [-0.2, -0.15) is 0 Å². The van der Waals surface area contributed by atoms with Gasteiger partial charge in [-0.3, -0.25) is 9.69 Å². The molecule has 3 aromatic carbocycles. The highest BCUT2D eigenvalue weighted by Crippen LogP contribution is 2.28. The van der Waals surface area contributed by atoms with Crippen molar-refractivity contribution < 1.29 is 14.7 Å². The summed E-state index contributed by atoms with van der Waals surface area (Å²) in [6, 6.07) is 28.7. The molecule has 5 heteroatoms. The van der Waals surface area contributed by atoms with Crippen LogP contribution in [0.15, 0.2) is 91.0 Å². The summed E-state index contributed by atoms with van der Waals surface area (Å²) in [5, 5.41) is 9.98. The van der Waals surface area contributed by atoms with Crippen LogP contribution in [-0.2, 0) is 16.0 Å². The van der Waals surface area contributed by atoms with E-state index in [0.29, 0.717) is 19.6 Å². The van der Waals surface area contributed by atoms with Crippen molar-refractivity contribution in [1.29, 1.82) is 0 Å². The normalized spacial score (nSPS) is 16.6. The van der Waals surface area contributed by atoms with E-state index in [2.05, 4.69) is 17.0 Å². The molecule has 0 bridgehead atoms. The maximum absolute atomic E-state index is 13.8.